The highest BCUT2D eigenvalue weighted by atomic mass is 16.5. The van der Waals surface area contributed by atoms with Gasteiger partial charge in [0, 0.05) is 26.2 Å². The number of ether oxygens (including phenoxy) is 1. The van der Waals surface area contributed by atoms with E-state index in [9.17, 15) is 5.11 Å². The van der Waals surface area contributed by atoms with Crippen molar-refractivity contribution in [3.63, 3.8) is 0 Å². The SMILES string of the molecule is COCCN(CC1CCCC(C)(C)C1O)C(C)C1CC1. The summed E-state index contributed by atoms with van der Waals surface area (Å²) < 4.78 is 5.28. The number of aliphatic hydroxyl groups is 1. The van der Waals surface area contributed by atoms with E-state index >= 15 is 0 Å². The van der Waals surface area contributed by atoms with Crippen molar-refractivity contribution in [2.45, 2.75) is 65.0 Å². The highest BCUT2D eigenvalue weighted by molar-refractivity contribution is 4.92. The van der Waals surface area contributed by atoms with Gasteiger partial charge in [-0.25, -0.2) is 0 Å². The molecule has 0 spiro atoms. The molecule has 0 heterocycles. The third-order valence-corrected chi connectivity index (χ3v) is 5.58. The molecular weight excluding hydrogens is 250 g/mol. The molecule has 0 bridgehead atoms. The van der Waals surface area contributed by atoms with Crippen LogP contribution in [0.15, 0.2) is 0 Å². The summed E-state index contributed by atoms with van der Waals surface area (Å²) in [7, 11) is 1.78. The zero-order valence-corrected chi connectivity index (χ0v) is 13.8. The summed E-state index contributed by atoms with van der Waals surface area (Å²) in [5.74, 6) is 1.30. The van der Waals surface area contributed by atoms with E-state index in [1.165, 1.54) is 25.7 Å². The summed E-state index contributed by atoms with van der Waals surface area (Å²) in [5, 5.41) is 10.6. The van der Waals surface area contributed by atoms with Gasteiger partial charge in [-0.1, -0.05) is 20.3 Å². The second-order valence-electron chi connectivity index (χ2n) is 7.65. The van der Waals surface area contributed by atoms with Crippen LogP contribution in [-0.4, -0.2) is 49.0 Å². The van der Waals surface area contributed by atoms with Crippen molar-refractivity contribution in [1.82, 2.24) is 4.90 Å². The summed E-state index contributed by atoms with van der Waals surface area (Å²) in [5.41, 5.74) is 0.0820. The van der Waals surface area contributed by atoms with Crippen LogP contribution >= 0.6 is 0 Å². The third-order valence-electron chi connectivity index (χ3n) is 5.58. The van der Waals surface area contributed by atoms with E-state index in [0.717, 1.165) is 32.0 Å². The first kappa shape index (κ1) is 16.3. The largest absolute Gasteiger partial charge is 0.392 e. The fourth-order valence-electron chi connectivity index (χ4n) is 3.80. The smallest absolute Gasteiger partial charge is 0.0631 e. The molecule has 3 atom stereocenters. The minimum atomic E-state index is -0.160. The van der Waals surface area contributed by atoms with Crippen molar-refractivity contribution in [2.75, 3.05) is 26.8 Å². The van der Waals surface area contributed by atoms with Gasteiger partial charge in [-0.05, 0) is 49.9 Å². The maximum Gasteiger partial charge on any atom is 0.0631 e. The van der Waals surface area contributed by atoms with E-state index in [2.05, 4.69) is 25.7 Å². The molecule has 0 amide bonds. The first-order chi connectivity index (χ1) is 9.45. The first-order valence-electron chi connectivity index (χ1n) is 8.37. The number of hydrogen-bond donors (Lipinski definition) is 1. The van der Waals surface area contributed by atoms with Gasteiger partial charge in [0.25, 0.3) is 0 Å². The summed E-state index contributed by atoms with van der Waals surface area (Å²) in [4.78, 5) is 2.57. The molecular formula is C17H33NO2. The van der Waals surface area contributed by atoms with Crippen LogP contribution in [0.1, 0.15) is 52.9 Å². The minimum Gasteiger partial charge on any atom is -0.392 e. The van der Waals surface area contributed by atoms with E-state index in [-0.39, 0.29) is 11.5 Å². The van der Waals surface area contributed by atoms with Crippen molar-refractivity contribution in [3.8, 4) is 0 Å². The summed E-state index contributed by atoms with van der Waals surface area (Å²) in [6.45, 7) is 9.61. The Morgan fingerprint density at radius 3 is 2.60 bits per heavy atom. The van der Waals surface area contributed by atoms with Crippen LogP contribution in [0.3, 0.4) is 0 Å². The van der Waals surface area contributed by atoms with Crippen molar-refractivity contribution in [1.29, 1.82) is 0 Å². The lowest BCUT2D eigenvalue weighted by atomic mass is 9.69. The Kier molecular flexibility index (Phi) is 5.49. The summed E-state index contributed by atoms with van der Waals surface area (Å²) in [6, 6.07) is 0.641. The van der Waals surface area contributed by atoms with E-state index in [1.807, 2.05) is 0 Å². The quantitative estimate of drug-likeness (QED) is 0.780. The van der Waals surface area contributed by atoms with Gasteiger partial charge in [0.05, 0.1) is 12.7 Å². The van der Waals surface area contributed by atoms with Gasteiger partial charge in [-0.2, -0.15) is 0 Å². The Morgan fingerprint density at radius 1 is 1.30 bits per heavy atom. The Labute approximate surface area is 124 Å². The molecule has 0 aromatic heterocycles. The molecule has 20 heavy (non-hydrogen) atoms. The summed E-state index contributed by atoms with van der Waals surface area (Å²) in [6.07, 6.45) is 6.18. The highest BCUT2D eigenvalue weighted by Gasteiger charge is 2.40. The Bertz CT molecular complexity index is 301. The van der Waals surface area contributed by atoms with Gasteiger partial charge in [0.2, 0.25) is 0 Å². The number of hydrogen-bond acceptors (Lipinski definition) is 3. The van der Waals surface area contributed by atoms with Gasteiger partial charge in [0.1, 0.15) is 0 Å². The lowest BCUT2D eigenvalue weighted by molar-refractivity contribution is -0.0490. The van der Waals surface area contributed by atoms with Crippen LogP contribution in [-0.2, 0) is 4.74 Å². The molecule has 0 aliphatic heterocycles. The van der Waals surface area contributed by atoms with Crippen molar-refractivity contribution in [2.24, 2.45) is 17.3 Å². The molecule has 1 N–H and O–H groups in total. The van der Waals surface area contributed by atoms with E-state index in [0.29, 0.717) is 12.0 Å². The van der Waals surface area contributed by atoms with Gasteiger partial charge in [-0.15, -0.1) is 0 Å². The Balaban J connectivity index is 1.95. The third kappa shape index (κ3) is 3.96. The molecule has 2 aliphatic rings. The van der Waals surface area contributed by atoms with Crippen LogP contribution in [0.2, 0.25) is 0 Å². The lowest BCUT2D eigenvalue weighted by Gasteiger charge is -2.43. The molecule has 0 radical (unpaired) electrons. The van der Waals surface area contributed by atoms with Gasteiger partial charge in [0.15, 0.2) is 0 Å². The lowest BCUT2D eigenvalue weighted by Crippen LogP contribution is -2.48. The molecule has 3 unspecified atom stereocenters. The number of methoxy groups -OCH3 is 1. The normalized spacial score (nSPS) is 31.5. The maximum absolute atomic E-state index is 10.6. The van der Waals surface area contributed by atoms with Crippen LogP contribution in [0, 0.1) is 17.3 Å². The van der Waals surface area contributed by atoms with Gasteiger partial charge < -0.3 is 9.84 Å². The fraction of sp³-hybridized carbons (Fsp3) is 1.00. The average Bonchev–Trinajstić information content (AvgIpc) is 3.23. The topological polar surface area (TPSA) is 32.7 Å². The zero-order valence-electron chi connectivity index (χ0n) is 13.8. The fourth-order valence-corrected chi connectivity index (χ4v) is 3.80. The second-order valence-corrected chi connectivity index (χ2v) is 7.65. The average molecular weight is 283 g/mol. The zero-order chi connectivity index (χ0) is 14.8. The molecule has 0 saturated heterocycles. The van der Waals surface area contributed by atoms with Gasteiger partial charge in [-0.3, -0.25) is 4.90 Å². The van der Waals surface area contributed by atoms with Crippen LogP contribution in [0.5, 0.6) is 0 Å². The molecule has 2 saturated carbocycles. The van der Waals surface area contributed by atoms with Crippen molar-refractivity contribution in [3.05, 3.63) is 0 Å². The van der Waals surface area contributed by atoms with Crippen molar-refractivity contribution < 1.29 is 9.84 Å². The number of aliphatic hydroxyl groups excluding tert-OH is 1. The van der Waals surface area contributed by atoms with Crippen LogP contribution in [0.25, 0.3) is 0 Å². The standard InChI is InChI=1S/C17H33NO2/c1-13(14-7-8-14)18(10-11-20-4)12-15-6-5-9-17(2,3)16(15)19/h13-16,19H,5-12H2,1-4H3. The van der Waals surface area contributed by atoms with Crippen LogP contribution in [0.4, 0.5) is 0 Å². The number of nitrogens with zero attached hydrogens (tertiary/aromatic N) is 1. The maximum atomic E-state index is 10.6. The molecule has 0 aromatic rings. The van der Waals surface area contributed by atoms with E-state index in [4.69, 9.17) is 4.74 Å². The van der Waals surface area contributed by atoms with E-state index < -0.39 is 0 Å². The predicted octanol–water partition coefficient (Wildman–Crippen LogP) is 2.92. The van der Waals surface area contributed by atoms with Crippen LogP contribution < -0.4 is 0 Å². The summed E-state index contributed by atoms with van der Waals surface area (Å²) >= 11 is 0. The second kappa shape index (κ2) is 6.76. The molecule has 2 aliphatic carbocycles. The molecule has 3 heteroatoms. The highest BCUT2D eigenvalue weighted by Crippen LogP contribution is 2.40. The van der Waals surface area contributed by atoms with E-state index in [1.54, 1.807) is 7.11 Å². The minimum absolute atomic E-state index is 0.0820. The predicted molar refractivity (Wildman–Crippen MR) is 82.8 cm³/mol. The molecule has 0 aromatic carbocycles. The molecule has 3 nitrogen and oxygen atoms in total. The van der Waals surface area contributed by atoms with Crippen molar-refractivity contribution >= 4 is 0 Å². The molecule has 118 valence electrons. The Hall–Kier alpha value is -0.120. The van der Waals surface area contributed by atoms with Gasteiger partial charge >= 0.3 is 0 Å². The first-order valence-corrected chi connectivity index (χ1v) is 8.37. The number of rotatable bonds is 7. The Morgan fingerprint density at radius 2 is 2.00 bits per heavy atom. The monoisotopic (exact) mass is 283 g/mol. The molecule has 2 rings (SSSR count). The molecule has 2 fully saturated rings.